The number of benzene rings is 7. The number of amides is 6. The van der Waals surface area contributed by atoms with E-state index in [1.165, 1.54) is 77.0 Å². The van der Waals surface area contributed by atoms with Crippen LogP contribution < -0.4 is 32.7 Å². The number of anilines is 4. The van der Waals surface area contributed by atoms with Gasteiger partial charge in [-0.1, -0.05) is 71.9 Å². The number of rotatable bonds is 14. The monoisotopic (exact) mass is 1580 g/mol. The van der Waals surface area contributed by atoms with Gasteiger partial charge in [0, 0.05) is 184 Å². The number of carbonyl (C=O) groups excluding carboxylic acids is 5. The van der Waals surface area contributed by atoms with E-state index in [1.807, 2.05) is 37.8 Å². The van der Waals surface area contributed by atoms with Gasteiger partial charge in [-0.25, -0.2) is 14.8 Å². The molecule has 0 aliphatic carbocycles. The highest BCUT2D eigenvalue weighted by Gasteiger charge is 2.36. The summed E-state index contributed by atoms with van der Waals surface area (Å²) in [4.78, 5) is 85.8. The molecule has 0 atom stereocenters. The Morgan fingerprint density at radius 2 is 0.991 bits per heavy atom. The molecule has 588 valence electrons. The Morgan fingerprint density at radius 1 is 0.466 bits per heavy atom. The predicted octanol–water partition coefficient (Wildman–Crippen LogP) is 15.8. The molecule has 5 aromatic heterocycles. The van der Waals surface area contributed by atoms with Crippen molar-refractivity contribution in [1.82, 2.24) is 43.9 Å². The van der Waals surface area contributed by atoms with Crippen LogP contribution in [-0.2, 0) is 36.3 Å². The summed E-state index contributed by atoms with van der Waals surface area (Å²) < 4.78 is 126. The number of aromatic nitrogens is 7. The molecule has 8 N–H and O–H groups in total. The lowest BCUT2D eigenvalue weighted by Crippen LogP contribution is -2.48. The van der Waals surface area contributed by atoms with Crippen LogP contribution in [0.1, 0.15) is 123 Å². The standard InChI is InChI=1S/C32H34F3N5O2.C30H21F3N6O2.C25H17F3N4O/c1-21(2)40-14-12-39(13-15-40)20-26-9-11-28(17-29(26)32(33,34)35)38-31(42)25-7-4-22(3)24(16-25)8-5-23-6-10-27(37-19-23)18-30(36)41;1-18-5-8-23(37-28(40)21-11-22(30(31,32)33)14-24(13-21)39-10-9-35-17-39)12-19(18)6-7-20-15-36-16-26-25(20)3-2-4-27(26)38-29(34)41;1-17-4-7-22(12-19(17)6-5-18-3-2-8-29-15-18)31-24(33)20-11-21(25(26,27)28)14-23(13-20)32-10-9-30-16-32/h4,6-7,9-11,16-17,19,21H,12-15,18,20H2,1-3H3,(H2,36,41)(H,38,42);2-5,8-17H,1H3,(H,37,40)(H3,34,38,41);2-4,7-16H,1H3,(H,31,33). The Morgan fingerprint density at radius 3 is 1.49 bits per heavy atom. The zero-order valence-electron chi connectivity index (χ0n) is 62.7. The molecule has 1 saturated heterocycles. The van der Waals surface area contributed by atoms with E-state index in [1.54, 1.807) is 110 Å². The molecule has 6 heterocycles. The maximum absolute atomic E-state index is 14.0. The normalized spacial score (nSPS) is 12.2. The van der Waals surface area contributed by atoms with Crippen molar-refractivity contribution in [2.45, 2.75) is 72.2 Å². The first-order valence-corrected chi connectivity index (χ1v) is 35.7. The Balaban J connectivity index is 0.000000172. The van der Waals surface area contributed by atoms with Crippen molar-refractivity contribution in [1.29, 1.82) is 0 Å². The first-order valence-electron chi connectivity index (χ1n) is 35.7. The van der Waals surface area contributed by atoms with Crippen LogP contribution in [0.15, 0.2) is 220 Å². The second-order valence-corrected chi connectivity index (χ2v) is 26.9. The summed E-state index contributed by atoms with van der Waals surface area (Å²) in [6, 6.07) is 37.3. The fourth-order valence-corrected chi connectivity index (χ4v) is 12.0. The average Bonchev–Trinajstić information content (AvgIpc) is 1.08. The zero-order chi connectivity index (χ0) is 83.0. The van der Waals surface area contributed by atoms with Gasteiger partial charge in [0.15, 0.2) is 0 Å². The summed E-state index contributed by atoms with van der Waals surface area (Å²) in [5.74, 6) is 15.8. The third-order valence-electron chi connectivity index (χ3n) is 18.2. The predicted molar refractivity (Wildman–Crippen MR) is 422 cm³/mol. The molecule has 0 unspecified atom stereocenters. The van der Waals surface area contributed by atoms with Gasteiger partial charge in [-0.2, -0.15) is 39.5 Å². The Labute approximate surface area is 660 Å². The van der Waals surface area contributed by atoms with E-state index in [2.05, 4.69) is 100 Å². The van der Waals surface area contributed by atoms with Crippen LogP contribution in [0, 0.1) is 56.3 Å². The molecule has 13 rings (SSSR count). The fourth-order valence-electron chi connectivity index (χ4n) is 12.0. The molecule has 1 aliphatic heterocycles. The molecule has 1 aliphatic rings. The summed E-state index contributed by atoms with van der Waals surface area (Å²) in [6.07, 6.45) is 2.82. The number of piperazine rings is 1. The zero-order valence-corrected chi connectivity index (χ0v) is 62.7. The smallest absolute Gasteiger partial charge is 0.369 e. The number of hydrogen-bond acceptors (Lipinski definition) is 12. The van der Waals surface area contributed by atoms with Crippen LogP contribution in [0.2, 0.25) is 0 Å². The van der Waals surface area contributed by atoms with Gasteiger partial charge in [0.25, 0.3) is 17.7 Å². The second kappa shape index (κ2) is 36.5. The molecule has 12 aromatic rings. The number of nitrogens with one attached hydrogen (secondary N) is 4. The van der Waals surface area contributed by atoms with Gasteiger partial charge >= 0.3 is 24.6 Å². The number of alkyl halides is 9. The molecule has 0 spiro atoms. The Bertz CT molecular complexity index is 5830. The number of fused-ring (bicyclic) bond motifs is 1. The number of carbonyl (C=O) groups is 5. The summed E-state index contributed by atoms with van der Waals surface area (Å²) >= 11 is 0. The third-order valence-corrected chi connectivity index (χ3v) is 18.2. The maximum Gasteiger partial charge on any atom is 0.416 e. The van der Waals surface area contributed by atoms with Crippen LogP contribution in [0.3, 0.4) is 0 Å². The molecule has 29 heteroatoms. The number of primary amides is 2. The van der Waals surface area contributed by atoms with Crippen molar-refractivity contribution in [3.05, 3.63) is 315 Å². The minimum atomic E-state index is -4.65. The molecule has 0 bridgehead atoms. The first kappa shape index (κ1) is 82.7. The SMILES string of the molecule is Cc1ccc(C(=O)Nc2ccc(CN3CCN(C(C)C)CC3)c(C(F)(F)F)c2)cc1C#Cc1ccc(CC(N)=O)nc1.Cc1ccc(NC(=O)c2cc(-n3ccnc3)cc(C(F)(F)F)c2)cc1C#Cc1cccnc1.Cc1ccc(NC(=O)c2cc(-n3ccnc3)cc(C(F)(F)F)c2)cc1C#Cc1cncc2c(NC(N)=O)cccc12. The molecule has 116 heavy (non-hydrogen) atoms. The van der Waals surface area contributed by atoms with Gasteiger partial charge in [0.05, 0.1) is 47.0 Å². The number of nitrogens with two attached hydrogens (primary N) is 2. The van der Waals surface area contributed by atoms with E-state index in [9.17, 15) is 63.5 Å². The molecular formula is C87H72F9N15O5. The number of urea groups is 1. The molecule has 1 fully saturated rings. The van der Waals surface area contributed by atoms with Crippen molar-refractivity contribution >= 4 is 63.2 Å². The van der Waals surface area contributed by atoms with Crippen LogP contribution in [0.25, 0.3) is 22.1 Å². The number of hydrogen-bond donors (Lipinski definition) is 6. The highest BCUT2D eigenvalue weighted by atomic mass is 19.4. The molecule has 20 nitrogen and oxygen atoms in total. The van der Waals surface area contributed by atoms with E-state index in [0.717, 1.165) is 71.1 Å². The van der Waals surface area contributed by atoms with E-state index in [4.69, 9.17) is 11.5 Å². The van der Waals surface area contributed by atoms with E-state index >= 15 is 0 Å². The van der Waals surface area contributed by atoms with Gasteiger partial charge in [0.2, 0.25) is 5.91 Å². The third kappa shape index (κ3) is 22.3. The minimum Gasteiger partial charge on any atom is -0.369 e. The minimum absolute atomic E-state index is 0.0346. The van der Waals surface area contributed by atoms with Gasteiger partial charge in [-0.15, -0.1) is 0 Å². The summed E-state index contributed by atoms with van der Waals surface area (Å²) in [6.45, 7) is 13.0. The topological polar surface area (TPSA) is 266 Å². The molecule has 6 amide bonds. The van der Waals surface area contributed by atoms with E-state index in [-0.39, 0.29) is 52.3 Å². The highest BCUT2D eigenvalue weighted by Crippen LogP contribution is 2.37. The maximum atomic E-state index is 14.0. The van der Waals surface area contributed by atoms with Crippen LogP contribution in [-0.4, -0.2) is 106 Å². The molecule has 0 saturated carbocycles. The van der Waals surface area contributed by atoms with E-state index in [0.29, 0.717) is 75.1 Å². The summed E-state index contributed by atoms with van der Waals surface area (Å²) in [5.41, 5.74) is 16.5. The van der Waals surface area contributed by atoms with Crippen molar-refractivity contribution in [2.75, 3.05) is 47.4 Å². The van der Waals surface area contributed by atoms with Crippen molar-refractivity contribution in [2.24, 2.45) is 11.5 Å². The fraction of sp³-hybridized carbons (Fsp3) is 0.172. The first-order chi connectivity index (χ1) is 55.3. The quantitative estimate of drug-likeness (QED) is 0.0438. The Hall–Kier alpha value is -14.2. The van der Waals surface area contributed by atoms with Crippen molar-refractivity contribution < 1.29 is 63.5 Å². The summed E-state index contributed by atoms with van der Waals surface area (Å²) in [5, 5.41) is 11.9. The van der Waals surface area contributed by atoms with Crippen LogP contribution in [0.5, 0.6) is 0 Å². The van der Waals surface area contributed by atoms with Crippen LogP contribution >= 0.6 is 0 Å². The Kier molecular flexibility index (Phi) is 26.0. The lowest BCUT2D eigenvalue weighted by molar-refractivity contribution is -0.139. The number of halogens is 9. The largest absolute Gasteiger partial charge is 0.416 e. The van der Waals surface area contributed by atoms with Gasteiger partial charge < -0.3 is 41.9 Å². The van der Waals surface area contributed by atoms with Crippen molar-refractivity contribution in [3.8, 4) is 46.9 Å². The number of pyridine rings is 3. The average molecular weight is 1580 g/mol. The number of aryl methyl sites for hydroxylation is 3. The molecular weight excluding hydrogens is 1510 g/mol. The van der Waals surface area contributed by atoms with Gasteiger partial charge in [0.1, 0.15) is 0 Å². The lowest BCUT2D eigenvalue weighted by atomic mass is 10.0. The van der Waals surface area contributed by atoms with Crippen molar-refractivity contribution in [3.63, 3.8) is 0 Å². The highest BCUT2D eigenvalue weighted by molar-refractivity contribution is 6.07. The number of nitrogens with zero attached hydrogens (tertiary/aromatic N) is 9. The molecule has 7 aromatic carbocycles. The second-order valence-electron chi connectivity index (χ2n) is 26.9. The van der Waals surface area contributed by atoms with Gasteiger partial charge in [-0.05, 0) is 172 Å². The lowest BCUT2D eigenvalue weighted by Gasteiger charge is -2.37. The van der Waals surface area contributed by atoms with Crippen LogP contribution in [0.4, 0.5) is 67.1 Å². The number of imidazole rings is 2. The molecule has 0 radical (unpaired) electrons. The van der Waals surface area contributed by atoms with Gasteiger partial charge in [-0.3, -0.25) is 43.9 Å². The van der Waals surface area contributed by atoms with E-state index < -0.39 is 64.9 Å². The summed E-state index contributed by atoms with van der Waals surface area (Å²) in [7, 11) is 0.